The zero-order valence-corrected chi connectivity index (χ0v) is 17.0. The van der Waals surface area contributed by atoms with Crippen LogP contribution >= 0.6 is 0 Å². The van der Waals surface area contributed by atoms with Gasteiger partial charge in [-0.1, -0.05) is 42.5 Å². The van der Waals surface area contributed by atoms with Crippen LogP contribution in [0.25, 0.3) is 11.1 Å². The Hall–Kier alpha value is -4.19. The van der Waals surface area contributed by atoms with Crippen molar-refractivity contribution < 1.29 is 14.3 Å². The van der Waals surface area contributed by atoms with Gasteiger partial charge in [0.2, 0.25) is 0 Å². The Morgan fingerprint density at radius 2 is 1.45 bits per heavy atom. The maximum Gasteiger partial charge on any atom is 0.321 e. The third-order valence-corrected chi connectivity index (χ3v) is 4.67. The molecule has 0 bridgehead atoms. The summed E-state index contributed by atoms with van der Waals surface area (Å²) in [6.07, 6.45) is 3.38. The molecular formula is C25H21N3O3. The molecule has 3 aromatic carbocycles. The van der Waals surface area contributed by atoms with E-state index in [1.54, 1.807) is 55.9 Å². The van der Waals surface area contributed by atoms with Crippen molar-refractivity contribution in [2.24, 2.45) is 0 Å². The quantitative estimate of drug-likeness (QED) is 0.469. The predicted octanol–water partition coefficient (Wildman–Crippen LogP) is 4.87. The summed E-state index contributed by atoms with van der Waals surface area (Å²) in [7, 11) is 1.61. The molecular weight excluding hydrogens is 390 g/mol. The molecule has 1 heterocycles. The molecule has 0 aliphatic carbocycles. The van der Waals surface area contributed by atoms with Gasteiger partial charge in [-0.3, -0.25) is 4.79 Å². The van der Waals surface area contributed by atoms with Crippen molar-refractivity contribution in [2.45, 2.75) is 6.54 Å². The number of ether oxygens (including phenoxy) is 2. The summed E-state index contributed by atoms with van der Waals surface area (Å²) in [5.41, 5.74) is 3.40. The normalized spacial score (nSPS) is 10.4. The van der Waals surface area contributed by atoms with Gasteiger partial charge in [0.15, 0.2) is 0 Å². The molecule has 4 aromatic rings. The first kappa shape index (κ1) is 20.1. The van der Waals surface area contributed by atoms with Crippen molar-refractivity contribution in [3.8, 4) is 28.6 Å². The monoisotopic (exact) mass is 411 g/mol. The average Bonchev–Trinajstić information content (AvgIpc) is 2.84. The fourth-order valence-electron chi connectivity index (χ4n) is 2.96. The fourth-order valence-corrected chi connectivity index (χ4v) is 2.96. The molecule has 0 unspecified atom stereocenters. The molecule has 0 saturated carbocycles. The van der Waals surface area contributed by atoms with E-state index < -0.39 is 0 Å². The molecule has 6 heteroatoms. The minimum atomic E-state index is -0.116. The lowest BCUT2D eigenvalue weighted by atomic mass is 10.1. The molecule has 6 nitrogen and oxygen atoms in total. The summed E-state index contributed by atoms with van der Waals surface area (Å²) in [5, 5.41) is 2.92. The maximum absolute atomic E-state index is 12.4. The molecule has 0 fully saturated rings. The third-order valence-electron chi connectivity index (χ3n) is 4.67. The Kier molecular flexibility index (Phi) is 6.18. The number of amides is 1. The van der Waals surface area contributed by atoms with Crippen LogP contribution in [0, 0.1) is 0 Å². The summed E-state index contributed by atoms with van der Waals surface area (Å²) < 4.78 is 10.8. The van der Waals surface area contributed by atoms with Gasteiger partial charge in [0.1, 0.15) is 11.5 Å². The smallest absolute Gasteiger partial charge is 0.321 e. The highest BCUT2D eigenvalue weighted by molar-refractivity contribution is 5.94. The second kappa shape index (κ2) is 9.54. The molecule has 0 spiro atoms. The van der Waals surface area contributed by atoms with Crippen LogP contribution in [0.1, 0.15) is 15.9 Å². The van der Waals surface area contributed by atoms with Gasteiger partial charge in [0.05, 0.1) is 7.11 Å². The van der Waals surface area contributed by atoms with E-state index in [-0.39, 0.29) is 11.9 Å². The van der Waals surface area contributed by atoms with E-state index in [0.717, 1.165) is 22.4 Å². The highest BCUT2D eigenvalue weighted by atomic mass is 16.5. The van der Waals surface area contributed by atoms with Crippen molar-refractivity contribution in [3.63, 3.8) is 0 Å². The lowest BCUT2D eigenvalue weighted by Gasteiger charge is -2.07. The number of benzene rings is 3. The molecule has 0 aliphatic rings. The van der Waals surface area contributed by atoms with Crippen LogP contribution < -0.4 is 14.8 Å². The standard InChI is InChI=1S/C25H21N3O3/c1-30-22-11-13-23(14-12-22)31-25-27-16-21(17-28-25)19-7-9-20(10-8-19)24(29)26-15-18-5-3-2-4-6-18/h2-14,16-17H,15H2,1H3,(H,26,29). The summed E-state index contributed by atoms with van der Waals surface area (Å²) in [6.45, 7) is 0.491. The Morgan fingerprint density at radius 3 is 2.10 bits per heavy atom. The number of carbonyl (C=O) groups is 1. The molecule has 0 radical (unpaired) electrons. The topological polar surface area (TPSA) is 73.3 Å². The first-order valence-electron chi connectivity index (χ1n) is 9.78. The Balaban J connectivity index is 1.37. The van der Waals surface area contributed by atoms with Crippen molar-refractivity contribution in [1.29, 1.82) is 0 Å². The Bertz CT molecular complexity index is 1130. The first-order chi connectivity index (χ1) is 15.2. The number of methoxy groups -OCH3 is 1. The van der Waals surface area contributed by atoms with E-state index in [1.807, 2.05) is 42.5 Å². The zero-order chi connectivity index (χ0) is 21.5. The van der Waals surface area contributed by atoms with E-state index in [2.05, 4.69) is 15.3 Å². The number of hydrogen-bond donors (Lipinski definition) is 1. The van der Waals surface area contributed by atoms with Crippen LogP contribution in [0.3, 0.4) is 0 Å². The van der Waals surface area contributed by atoms with Crippen LogP contribution in [-0.2, 0) is 6.54 Å². The first-order valence-corrected chi connectivity index (χ1v) is 9.78. The minimum absolute atomic E-state index is 0.116. The van der Waals surface area contributed by atoms with E-state index in [4.69, 9.17) is 9.47 Å². The number of hydrogen-bond acceptors (Lipinski definition) is 5. The van der Waals surface area contributed by atoms with Gasteiger partial charge in [-0.05, 0) is 47.5 Å². The van der Waals surface area contributed by atoms with Gasteiger partial charge < -0.3 is 14.8 Å². The molecule has 154 valence electrons. The van der Waals surface area contributed by atoms with Crippen LogP contribution in [0.4, 0.5) is 0 Å². The van der Waals surface area contributed by atoms with Crippen molar-refractivity contribution in [1.82, 2.24) is 15.3 Å². The zero-order valence-electron chi connectivity index (χ0n) is 17.0. The van der Waals surface area contributed by atoms with Gasteiger partial charge in [-0.25, -0.2) is 9.97 Å². The molecule has 1 amide bonds. The molecule has 0 atom stereocenters. The number of rotatable bonds is 7. The molecule has 0 saturated heterocycles. The van der Waals surface area contributed by atoms with E-state index >= 15 is 0 Å². The predicted molar refractivity (Wildman–Crippen MR) is 118 cm³/mol. The van der Waals surface area contributed by atoms with Gasteiger partial charge in [-0.2, -0.15) is 0 Å². The van der Waals surface area contributed by atoms with E-state index in [1.165, 1.54) is 0 Å². The van der Waals surface area contributed by atoms with Gasteiger partial charge >= 0.3 is 6.01 Å². The molecule has 31 heavy (non-hydrogen) atoms. The molecule has 0 aliphatic heterocycles. The summed E-state index contributed by atoms with van der Waals surface area (Å²) in [5.74, 6) is 1.26. The lowest BCUT2D eigenvalue weighted by Crippen LogP contribution is -2.22. The molecule has 1 aromatic heterocycles. The van der Waals surface area contributed by atoms with Crippen molar-refractivity contribution in [2.75, 3.05) is 7.11 Å². The summed E-state index contributed by atoms with van der Waals surface area (Å²) >= 11 is 0. The summed E-state index contributed by atoms with van der Waals surface area (Å²) in [4.78, 5) is 20.9. The van der Waals surface area contributed by atoms with Crippen LogP contribution in [0.2, 0.25) is 0 Å². The fraction of sp³-hybridized carbons (Fsp3) is 0.0800. The van der Waals surface area contributed by atoms with Crippen molar-refractivity contribution in [3.05, 3.63) is 102 Å². The number of nitrogens with one attached hydrogen (secondary N) is 1. The van der Waals surface area contributed by atoms with E-state index in [0.29, 0.717) is 17.9 Å². The largest absolute Gasteiger partial charge is 0.497 e. The summed E-state index contributed by atoms with van der Waals surface area (Å²) in [6, 6.07) is 24.6. The van der Waals surface area contributed by atoms with Crippen LogP contribution in [-0.4, -0.2) is 23.0 Å². The van der Waals surface area contributed by atoms with Crippen LogP contribution in [0.5, 0.6) is 17.5 Å². The highest BCUT2D eigenvalue weighted by Gasteiger charge is 2.07. The highest BCUT2D eigenvalue weighted by Crippen LogP contribution is 2.23. The second-order valence-corrected chi connectivity index (χ2v) is 6.78. The average molecular weight is 411 g/mol. The lowest BCUT2D eigenvalue weighted by molar-refractivity contribution is 0.0951. The molecule has 1 N–H and O–H groups in total. The minimum Gasteiger partial charge on any atom is -0.497 e. The second-order valence-electron chi connectivity index (χ2n) is 6.78. The maximum atomic E-state index is 12.4. The number of carbonyl (C=O) groups excluding carboxylic acids is 1. The SMILES string of the molecule is COc1ccc(Oc2ncc(-c3ccc(C(=O)NCc4ccccc4)cc3)cn2)cc1. The van der Waals surface area contributed by atoms with Gasteiger partial charge in [0, 0.05) is 30.1 Å². The van der Waals surface area contributed by atoms with E-state index in [9.17, 15) is 4.79 Å². The third kappa shape index (κ3) is 5.25. The van der Waals surface area contributed by atoms with Gasteiger partial charge in [0.25, 0.3) is 5.91 Å². The van der Waals surface area contributed by atoms with Gasteiger partial charge in [-0.15, -0.1) is 0 Å². The number of nitrogens with zero attached hydrogens (tertiary/aromatic N) is 2. The molecule has 4 rings (SSSR count). The van der Waals surface area contributed by atoms with Crippen LogP contribution in [0.15, 0.2) is 91.3 Å². The number of aromatic nitrogens is 2. The van der Waals surface area contributed by atoms with Crippen molar-refractivity contribution >= 4 is 5.91 Å². The Labute approximate surface area is 180 Å². The Morgan fingerprint density at radius 1 is 0.806 bits per heavy atom.